The van der Waals surface area contributed by atoms with Crippen LogP contribution in [0, 0.1) is 11.3 Å². The molecule has 0 radical (unpaired) electrons. The topological polar surface area (TPSA) is 45.9 Å². The van der Waals surface area contributed by atoms with Gasteiger partial charge in [-0.3, -0.25) is 0 Å². The van der Waals surface area contributed by atoms with Gasteiger partial charge in [-0.1, -0.05) is 19.1 Å². The molecule has 0 bridgehead atoms. The lowest BCUT2D eigenvalue weighted by molar-refractivity contribution is 0.321. The standard InChI is InChI=1S/C15H16N2OS/c1-2-12-3-5-13(6-4-12)18-10-8-15-17-11-14(19-15)7-9-16/h3-6,11H,2,7-8,10H2,1H3. The van der Waals surface area contributed by atoms with E-state index in [2.05, 4.69) is 30.1 Å². The normalized spacial score (nSPS) is 10.1. The van der Waals surface area contributed by atoms with Crippen LogP contribution < -0.4 is 4.74 Å². The van der Waals surface area contributed by atoms with Gasteiger partial charge in [0.05, 0.1) is 24.1 Å². The van der Waals surface area contributed by atoms with Crippen LogP contribution >= 0.6 is 11.3 Å². The number of aromatic nitrogens is 1. The second-order valence-electron chi connectivity index (χ2n) is 4.15. The number of nitrogens with zero attached hydrogens (tertiary/aromatic N) is 2. The van der Waals surface area contributed by atoms with Crippen LogP contribution in [0.5, 0.6) is 5.75 Å². The lowest BCUT2D eigenvalue weighted by Gasteiger charge is -2.05. The number of aryl methyl sites for hydroxylation is 1. The highest BCUT2D eigenvalue weighted by Gasteiger charge is 2.02. The molecule has 98 valence electrons. The second-order valence-corrected chi connectivity index (χ2v) is 5.35. The van der Waals surface area contributed by atoms with E-state index in [1.807, 2.05) is 12.1 Å². The molecule has 0 amide bonds. The first-order valence-electron chi connectivity index (χ1n) is 6.34. The van der Waals surface area contributed by atoms with Gasteiger partial charge in [0.15, 0.2) is 0 Å². The van der Waals surface area contributed by atoms with Crippen LogP contribution in [0.4, 0.5) is 0 Å². The van der Waals surface area contributed by atoms with Crippen LogP contribution in [0.3, 0.4) is 0 Å². The zero-order valence-electron chi connectivity index (χ0n) is 10.9. The van der Waals surface area contributed by atoms with E-state index in [1.54, 1.807) is 17.5 Å². The van der Waals surface area contributed by atoms with Crippen LogP contribution in [-0.2, 0) is 19.3 Å². The van der Waals surface area contributed by atoms with E-state index in [0.717, 1.165) is 28.5 Å². The van der Waals surface area contributed by atoms with Crippen LogP contribution in [0.25, 0.3) is 0 Å². The average Bonchev–Trinajstić information content (AvgIpc) is 2.88. The van der Waals surface area contributed by atoms with E-state index in [-0.39, 0.29) is 0 Å². The molecule has 0 atom stereocenters. The Labute approximate surface area is 117 Å². The minimum Gasteiger partial charge on any atom is -0.493 e. The minimum absolute atomic E-state index is 0.441. The molecule has 0 fully saturated rings. The maximum absolute atomic E-state index is 8.60. The molecule has 1 aromatic heterocycles. The molecule has 0 aliphatic heterocycles. The van der Waals surface area contributed by atoms with Crippen molar-refractivity contribution in [3.8, 4) is 11.8 Å². The lowest BCUT2D eigenvalue weighted by Crippen LogP contribution is -2.00. The Kier molecular flexibility index (Phi) is 4.93. The Morgan fingerprint density at radius 1 is 1.32 bits per heavy atom. The highest BCUT2D eigenvalue weighted by Crippen LogP contribution is 2.16. The minimum atomic E-state index is 0.441. The number of ether oxygens (including phenoxy) is 1. The zero-order valence-corrected chi connectivity index (χ0v) is 11.7. The largest absolute Gasteiger partial charge is 0.493 e. The predicted octanol–water partition coefficient (Wildman–Crippen LogP) is 3.39. The van der Waals surface area contributed by atoms with Crippen molar-refractivity contribution in [1.82, 2.24) is 4.98 Å². The second kappa shape index (κ2) is 6.91. The summed E-state index contributed by atoms with van der Waals surface area (Å²) in [4.78, 5) is 5.30. The molecule has 0 saturated heterocycles. The Morgan fingerprint density at radius 2 is 2.11 bits per heavy atom. The van der Waals surface area contributed by atoms with E-state index in [1.165, 1.54) is 5.56 Å². The van der Waals surface area contributed by atoms with Crippen molar-refractivity contribution in [3.63, 3.8) is 0 Å². The molecular formula is C15H16N2OS. The number of thiazole rings is 1. The van der Waals surface area contributed by atoms with Crippen molar-refractivity contribution in [2.24, 2.45) is 0 Å². The summed E-state index contributed by atoms with van der Waals surface area (Å²) in [5.41, 5.74) is 1.31. The van der Waals surface area contributed by atoms with Gasteiger partial charge in [0.25, 0.3) is 0 Å². The van der Waals surface area contributed by atoms with Crippen molar-refractivity contribution in [1.29, 1.82) is 5.26 Å². The first kappa shape index (κ1) is 13.6. The molecule has 2 rings (SSSR count). The van der Waals surface area contributed by atoms with Gasteiger partial charge in [0, 0.05) is 17.5 Å². The van der Waals surface area contributed by atoms with Gasteiger partial charge < -0.3 is 4.74 Å². The smallest absolute Gasteiger partial charge is 0.119 e. The third kappa shape index (κ3) is 4.08. The fourth-order valence-corrected chi connectivity index (χ4v) is 2.54. The number of nitriles is 1. The number of hydrogen-bond acceptors (Lipinski definition) is 4. The molecule has 0 aliphatic carbocycles. The first-order chi connectivity index (χ1) is 9.31. The molecule has 0 unspecified atom stereocenters. The van der Waals surface area contributed by atoms with E-state index >= 15 is 0 Å². The summed E-state index contributed by atoms with van der Waals surface area (Å²) in [5.74, 6) is 0.894. The quantitative estimate of drug-likeness (QED) is 0.809. The van der Waals surface area contributed by atoms with Crippen molar-refractivity contribution in [2.75, 3.05) is 6.61 Å². The molecule has 0 N–H and O–H groups in total. The van der Waals surface area contributed by atoms with Crippen LogP contribution in [0.2, 0.25) is 0 Å². The van der Waals surface area contributed by atoms with Crippen LogP contribution in [0.1, 0.15) is 22.4 Å². The highest BCUT2D eigenvalue weighted by molar-refractivity contribution is 7.11. The summed E-state index contributed by atoms with van der Waals surface area (Å²) in [6.45, 7) is 2.75. The van der Waals surface area contributed by atoms with Gasteiger partial charge in [-0.25, -0.2) is 4.98 Å². The summed E-state index contributed by atoms with van der Waals surface area (Å²) >= 11 is 1.59. The molecule has 1 aromatic carbocycles. The molecular weight excluding hydrogens is 256 g/mol. The molecule has 0 spiro atoms. The number of benzene rings is 1. The fourth-order valence-electron chi connectivity index (χ4n) is 1.70. The van der Waals surface area contributed by atoms with E-state index in [0.29, 0.717) is 13.0 Å². The first-order valence-corrected chi connectivity index (χ1v) is 7.15. The molecule has 3 nitrogen and oxygen atoms in total. The number of hydrogen-bond donors (Lipinski definition) is 0. The monoisotopic (exact) mass is 272 g/mol. The highest BCUT2D eigenvalue weighted by atomic mass is 32.1. The Balaban J connectivity index is 1.80. The van der Waals surface area contributed by atoms with Crippen molar-refractivity contribution in [2.45, 2.75) is 26.2 Å². The van der Waals surface area contributed by atoms with Gasteiger partial charge >= 0.3 is 0 Å². The summed E-state index contributed by atoms with van der Waals surface area (Å²) in [6.07, 6.45) is 4.04. The maximum atomic E-state index is 8.60. The zero-order chi connectivity index (χ0) is 13.5. The fraction of sp³-hybridized carbons (Fsp3) is 0.333. The average molecular weight is 272 g/mol. The SMILES string of the molecule is CCc1ccc(OCCc2ncc(CC#N)s2)cc1. The molecule has 2 aromatic rings. The van der Waals surface area contributed by atoms with Crippen molar-refractivity contribution < 1.29 is 4.74 Å². The van der Waals surface area contributed by atoms with Gasteiger partial charge in [0.1, 0.15) is 5.75 Å². The molecule has 4 heteroatoms. The summed E-state index contributed by atoms with van der Waals surface area (Å²) < 4.78 is 5.68. The molecule has 19 heavy (non-hydrogen) atoms. The van der Waals surface area contributed by atoms with E-state index < -0.39 is 0 Å². The summed E-state index contributed by atoms with van der Waals surface area (Å²) in [7, 11) is 0. The maximum Gasteiger partial charge on any atom is 0.119 e. The Hall–Kier alpha value is -1.86. The van der Waals surface area contributed by atoms with Gasteiger partial charge in [-0.15, -0.1) is 11.3 Å². The van der Waals surface area contributed by atoms with E-state index in [4.69, 9.17) is 10.00 Å². The van der Waals surface area contributed by atoms with Gasteiger partial charge in [0.2, 0.25) is 0 Å². The Morgan fingerprint density at radius 3 is 2.79 bits per heavy atom. The summed E-state index contributed by atoms with van der Waals surface area (Å²) in [5, 5.41) is 9.62. The van der Waals surface area contributed by atoms with Crippen LogP contribution in [-0.4, -0.2) is 11.6 Å². The van der Waals surface area contributed by atoms with E-state index in [9.17, 15) is 0 Å². The predicted molar refractivity (Wildman–Crippen MR) is 76.5 cm³/mol. The number of rotatable bonds is 6. The third-order valence-corrected chi connectivity index (χ3v) is 3.83. The third-order valence-electron chi connectivity index (χ3n) is 2.77. The lowest BCUT2D eigenvalue weighted by atomic mass is 10.2. The molecule has 0 saturated carbocycles. The van der Waals surface area contributed by atoms with Gasteiger partial charge in [-0.2, -0.15) is 5.26 Å². The van der Waals surface area contributed by atoms with Crippen molar-refractivity contribution in [3.05, 3.63) is 45.9 Å². The van der Waals surface area contributed by atoms with Crippen molar-refractivity contribution >= 4 is 11.3 Å². The van der Waals surface area contributed by atoms with Gasteiger partial charge in [-0.05, 0) is 24.1 Å². The molecule has 0 aliphatic rings. The van der Waals surface area contributed by atoms with Crippen LogP contribution in [0.15, 0.2) is 30.5 Å². The Bertz CT molecular complexity index is 554. The molecule has 1 heterocycles. The summed E-state index contributed by atoms with van der Waals surface area (Å²) in [6, 6.07) is 10.3.